The van der Waals surface area contributed by atoms with Crippen LogP contribution in [-0.4, -0.2) is 16.1 Å². The second kappa shape index (κ2) is 4.19. The Morgan fingerprint density at radius 3 is 2.71 bits per heavy atom. The first-order chi connectivity index (χ1) is 6.50. The summed E-state index contributed by atoms with van der Waals surface area (Å²) in [5.41, 5.74) is 1.87. The highest BCUT2D eigenvalue weighted by atomic mass is 16.6. The number of hydrogen-bond acceptors (Lipinski definition) is 3. The molecule has 0 heterocycles. The van der Waals surface area contributed by atoms with E-state index >= 15 is 0 Å². The Labute approximate surface area is 82.3 Å². The van der Waals surface area contributed by atoms with E-state index in [4.69, 9.17) is 0 Å². The van der Waals surface area contributed by atoms with Gasteiger partial charge >= 0.3 is 0 Å². The zero-order valence-corrected chi connectivity index (χ0v) is 8.23. The molecule has 0 saturated heterocycles. The third-order valence-corrected chi connectivity index (χ3v) is 2.06. The van der Waals surface area contributed by atoms with Gasteiger partial charge in [0.25, 0.3) is 5.69 Å². The first kappa shape index (κ1) is 10.7. The molecule has 4 heteroatoms. The SMILES string of the molecule is Cc1ccc([N+](=O)[O-])cc1C[C@H](C)O. The van der Waals surface area contributed by atoms with Crippen molar-refractivity contribution in [2.75, 3.05) is 0 Å². The monoisotopic (exact) mass is 195 g/mol. The second-order valence-corrected chi connectivity index (χ2v) is 3.42. The summed E-state index contributed by atoms with van der Waals surface area (Å²) in [6.07, 6.45) is -0.0243. The number of non-ortho nitro benzene ring substituents is 1. The van der Waals surface area contributed by atoms with E-state index in [0.717, 1.165) is 11.1 Å². The van der Waals surface area contributed by atoms with Crippen LogP contribution >= 0.6 is 0 Å². The maximum atomic E-state index is 10.5. The van der Waals surface area contributed by atoms with Gasteiger partial charge in [-0.3, -0.25) is 10.1 Å². The summed E-state index contributed by atoms with van der Waals surface area (Å²) in [6.45, 7) is 3.54. The minimum atomic E-state index is -0.476. The molecule has 0 fully saturated rings. The Balaban J connectivity index is 3.02. The van der Waals surface area contributed by atoms with Gasteiger partial charge in [0, 0.05) is 12.1 Å². The van der Waals surface area contributed by atoms with E-state index in [0.29, 0.717) is 6.42 Å². The lowest BCUT2D eigenvalue weighted by Gasteiger charge is -2.07. The zero-order valence-electron chi connectivity index (χ0n) is 8.23. The van der Waals surface area contributed by atoms with E-state index in [2.05, 4.69) is 0 Å². The fourth-order valence-electron chi connectivity index (χ4n) is 1.31. The van der Waals surface area contributed by atoms with Crippen molar-refractivity contribution in [2.24, 2.45) is 0 Å². The van der Waals surface area contributed by atoms with E-state index < -0.39 is 11.0 Å². The third-order valence-electron chi connectivity index (χ3n) is 2.06. The van der Waals surface area contributed by atoms with Crippen molar-refractivity contribution < 1.29 is 10.0 Å². The van der Waals surface area contributed by atoms with E-state index in [1.807, 2.05) is 6.92 Å². The van der Waals surface area contributed by atoms with Gasteiger partial charge in [0.1, 0.15) is 0 Å². The van der Waals surface area contributed by atoms with Crippen molar-refractivity contribution in [1.29, 1.82) is 0 Å². The minimum absolute atomic E-state index is 0.0752. The Morgan fingerprint density at radius 2 is 2.21 bits per heavy atom. The van der Waals surface area contributed by atoms with Crippen molar-refractivity contribution in [3.8, 4) is 0 Å². The zero-order chi connectivity index (χ0) is 10.7. The molecule has 1 N–H and O–H groups in total. The van der Waals surface area contributed by atoms with Crippen molar-refractivity contribution in [3.05, 3.63) is 39.4 Å². The second-order valence-electron chi connectivity index (χ2n) is 3.42. The maximum Gasteiger partial charge on any atom is 0.269 e. The Morgan fingerprint density at radius 1 is 1.57 bits per heavy atom. The van der Waals surface area contributed by atoms with Gasteiger partial charge in [-0.15, -0.1) is 0 Å². The summed E-state index contributed by atoms with van der Waals surface area (Å²) in [4.78, 5) is 10.1. The Kier molecular flexibility index (Phi) is 3.19. The average molecular weight is 195 g/mol. The lowest BCUT2D eigenvalue weighted by Crippen LogP contribution is -2.06. The predicted octanol–water partition coefficient (Wildman–Crippen LogP) is 1.83. The van der Waals surface area contributed by atoms with E-state index in [1.165, 1.54) is 12.1 Å². The summed E-state index contributed by atoms with van der Waals surface area (Å²) in [5, 5.41) is 19.7. The molecule has 0 saturated carbocycles. The molecule has 14 heavy (non-hydrogen) atoms. The molecule has 76 valence electrons. The lowest BCUT2D eigenvalue weighted by molar-refractivity contribution is -0.384. The van der Waals surface area contributed by atoms with Crippen LogP contribution in [0.4, 0.5) is 5.69 Å². The molecule has 0 radical (unpaired) electrons. The van der Waals surface area contributed by atoms with E-state index in [-0.39, 0.29) is 5.69 Å². The summed E-state index contributed by atoms with van der Waals surface area (Å²) in [7, 11) is 0. The number of aliphatic hydroxyl groups is 1. The van der Waals surface area contributed by atoms with Crippen LogP contribution in [0.5, 0.6) is 0 Å². The normalized spacial score (nSPS) is 12.5. The topological polar surface area (TPSA) is 63.4 Å². The van der Waals surface area contributed by atoms with Crippen molar-refractivity contribution in [1.82, 2.24) is 0 Å². The third kappa shape index (κ3) is 2.53. The van der Waals surface area contributed by atoms with Crippen LogP contribution in [0.1, 0.15) is 18.1 Å². The number of aliphatic hydroxyl groups excluding tert-OH is 1. The highest BCUT2D eigenvalue weighted by Gasteiger charge is 2.09. The smallest absolute Gasteiger partial charge is 0.269 e. The highest BCUT2D eigenvalue weighted by Crippen LogP contribution is 2.18. The molecule has 0 bridgehead atoms. The molecule has 4 nitrogen and oxygen atoms in total. The standard InChI is InChI=1S/C10H13NO3/c1-7-3-4-10(11(13)14)6-9(7)5-8(2)12/h3-4,6,8,12H,5H2,1-2H3/t8-/m0/s1. The first-order valence-corrected chi connectivity index (χ1v) is 4.42. The fraction of sp³-hybridized carbons (Fsp3) is 0.400. The molecule has 0 spiro atoms. The quantitative estimate of drug-likeness (QED) is 0.591. The summed E-state index contributed by atoms with van der Waals surface area (Å²) in [5.74, 6) is 0. The van der Waals surface area contributed by atoms with Crippen molar-refractivity contribution >= 4 is 5.69 Å². The minimum Gasteiger partial charge on any atom is -0.393 e. The molecule has 1 aromatic rings. The van der Waals surface area contributed by atoms with Gasteiger partial charge in [-0.05, 0) is 31.4 Å². The number of rotatable bonds is 3. The van der Waals surface area contributed by atoms with Gasteiger partial charge in [-0.2, -0.15) is 0 Å². The van der Waals surface area contributed by atoms with Crippen LogP contribution in [0.15, 0.2) is 18.2 Å². The van der Waals surface area contributed by atoms with Crippen LogP contribution in [-0.2, 0) is 6.42 Å². The van der Waals surface area contributed by atoms with Gasteiger partial charge in [-0.1, -0.05) is 6.07 Å². The first-order valence-electron chi connectivity index (χ1n) is 4.42. The van der Waals surface area contributed by atoms with Crippen LogP contribution in [0.2, 0.25) is 0 Å². The summed E-state index contributed by atoms with van der Waals surface area (Å²) < 4.78 is 0. The number of hydrogen-bond donors (Lipinski definition) is 1. The molecular formula is C10H13NO3. The molecule has 1 atom stereocenters. The van der Waals surface area contributed by atoms with Crippen molar-refractivity contribution in [2.45, 2.75) is 26.4 Å². The lowest BCUT2D eigenvalue weighted by atomic mass is 10.0. The number of nitro groups is 1. The van der Waals surface area contributed by atoms with Gasteiger partial charge in [0.2, 0.25) is 0 Å². The molecule has 1 aromatic carbocycles. The number of nitrogens with zero attached hydrogens (tertiary/aromatic N) is 1. The Bertz CT molecular complexity index is 347. The number of nitro benzene ring substituents is 1. The molecule has 0 aliphatic carbocycles. The van der Waals surface area contributed by atoms with Gasteiger partial charge in [0.15, 0.2) is 0 Å². The summed E-state index contributed by atoms with van der Waals surface area (Å²) in [6, 6.07) is 4.69. The highest BCUT2D eigenvalue weighted by molar-refractivity contribution is 5.39. The average Bonchev–Trinajstić information content (AvgIpc) is 2.07. The fourth-order valence-corrected chi connectivity index (χ4v) is 1.31. The summed E-state index contributed by atoms with van der Waals surface area (Å²) >= 11 is 0. The van der Waals surface area contributed by atoms with E-state index in [9.17, 15) is 15.2 Å². The Hall–Kier alpha value is -1.42. The predicted molar refractivity (Wildman–Crippen MR) is 53.2 cm³/mol. The van der Waals surface area contributed by atoms with Crippen LogP contribution in [0, 0.1) is 17.0 Å². The molecule has 0 amide bonds. The van der Waals surface area contributed by atoms with Crippen LogP contribution in [0.25, 0.3) is 0 Å². The van der Waals surface area contributed by atoms with Gasteiger partial charge in [0.05, 0.1) is 11.0 Å². The molecule has 0 aliphatic rings. The van der Waals surface area contributed by atoms with Gasteiger partial charge < -0.3 is 5.11 Å². The maximum absolute atomic E-state index is 10.5. The van der Waals surface area contributed by atoms with Crippen LogP contribution < -0.4 is 0 Å². The van der Waals surface area contributed by atoms with Crippen molar-refractivity contribution in [3.63, 3.8) is 0 Å². The van der Waals surface area contributed by atoms with Crippen LogP contribution in [0.3, 0.4) is 0 Å². The van der Waals surface area contributed by atoms with E-state index in [1.54, 1.807) is 13.0 Å². The molecule has 0 aliphatic heterocycles. The molecule has 0 unspecified atom stereocenters. The molecule has 0 aromatic heterocycles. The molecular weight excluding hydrogens is 182 g/mol. The number of aryl methyl sites for hydroxylation is 1. The molecule has 1 rings (SSSR count). The largest absolute Gasteiger partial charge is 0.393 e. The number of benzene rings is 1. The van der Waals surface area contributed by atoms with Gasteiger partial charge in [-0.25, -0.2) is 0 Å².